The van der Waals surface area contributed by atoms with E-state index in [-0.39, 0.29) is 6.61 Å². The van der Waals surface area contributed by atoms with E-state index >= 15 is 0 Å². The van der Waals surface area contributed by atoms with Gasteiger partial charge in [-0.25, -0.2) is 4.68 Å². The number of thioether (sulfide) groups is 1. The Labute approximate surface area is 124 Å². The smallest absolute Gasteiger partial charge is 0.108 e. The molecule has 112 valence electrons. The molecular weight excluding hydrogens is 272 g/mol. The Morgan fingerprint density at radius 3 is 2.80 bits per heavy atom. The molecule has 0 radical (unpaired) electrons. The van der Waals surface area contributed by atoms with Crippen LogP contribution in [0.25, 0.3) is 0 Å². The molecule has 0 aromatic carbocycles. The monoisotopic (exact) mass is 296 g/mol. The van der Waals surface area contributed by atoms with Crippen molar-refractivity contribution in [2.45, 2.75) is 63.3 Å². The quantitative estimate of drug-likeness (QED) is 0.886. The maximum Gasteiger partial charge on any atom is 0.108 e. The van der Waals surface area contributed by atoms with Crippen LogP contribution in [0.5, 0.6) is 0 Å². The summed E-state index contributed by atoms with van der Waals surface area (Å²) in [7, 11) is 0. The predicted molar refractivity (Wildman–Crippen MR) is 80.7 cm³/mol. The second-order valence-corrected chi connectivity index (χ2v) is 7.08. The Morgan fingerprint density at radius 1 is 1.25 bits per heavy atom. The molecule has 2 heterocycles. The van der Waals surface area contributed by atoms with Crippen LogP contribution < -0.4 is 5.32 Å². The fraction of sp³-hybridized carbons (Fsp3) is 0.857. The van der Waals surface area contributed by atoms with Crippen molar-refractivity contribution in [3.63, 3.8) is 0 Å². The minimum Gasteiger partial charge on any atom is -0.390 e. The third-order valence-corrected chi connectivity index (χ3v) is 5.51. The van der Waals surface area contributed by atoms with E-state index in [0.717, 1.165) is 6.42 Å². The van der Waals surface area contributed by atoms with Crippen LogP contribution in [0, 0.1) is 0 Å². The van der Waals surface area contributed by atoms with Gasteiger partial charge in [0.05, 0.1) is 18.8 Å². The van der Waals surface area contributed by atoms with E-state index in [1.807, 2.05) is 10.9 Å². The van der Waals surface area contributed by atoms with E-state index in [2.05, 4.69) is 27.4 Å². The van der Waals surface area contributed by atoms with E-state index in [0.29, 0.717) is 23.8 Å². The molecule has 1 aliphatic carbocycles. The summed E-state index contributed by atoms with van der Waals surface area (Å²) in [6, 6.07) is 1.57. The third-order valence-electron chi connectivity index (χ3n) is 4.46. The number of aliphatic hydroxyl groups excluding tert-OH is 1. The van der Waals surface area contributed by atoms with Crippen molar-refractivity contribution < 1.29 is 5.11 Å². The first kappa shape index (κ1) is 14.4. The van der Waals surface area contributed by atoms with E-state index in [1.165, 1.54) is 43.6 Å². The average molecular weight is 296 g/mol. The van der Waals surface area contributed by atoms with Crippen molar-refractivity contribution in [3.05, 3.63) is 11.9 Å². The lowest BCUT2D eigenvalue weighted by Crippen LogP contribution is -2.46. The summed E-state index contributed by atoms with van der Waals surface area (Å²) in [6.45, 7) is -0.0232. The number of aliphatic hydroxyl groups is 1. The fourth-order valence-electron chi connectivity index (χ4n) is 3.34. The van der Waals surface area contributed by atoms with E-state index < -0.39 is 0 Å². The lowest BCUT2D eigenvalue weighted by atomic mass is 9.89. The Morgan fingerprint density at radius 2 is 2.05 bits per heavy atom. The minimum absolute atomic E-state index is 0.0232. The highest BCUT2D eigenvalue weighted by molar-refractivity contribution is 7.99. The van der Waals surface area contributed by atoms with Crippen molar-refractivity contribution in [2.24, 2.45) is 0 Å². The van der Waals surface area contributed by atoms with Crippen molar-refractivity contribution in [1.82, 2.24) is 20.3 Å². The molecular formula is C14H24N4OS. The highest BCUT2D eigenvalue weighted by Crippen LogP contribution is 2.30. The van der Waals surface area contributed by atoms with Gasteiger partial charge in [-0.1, -0.05) is 18.1 Å². The molecule has 0 amide bonds. The summed E-state index contributed by atoms with van der Waals surface area (Å²) in [4.78, 5) is 0. The van der Waals surface area contributed by atoms with Crippen LogP contribution in [0.3, 0.4) is 0 Å². The van der Waals surface area contributed by atoms with Crippen molar-refractivity contribution in [2.75, 3.05) is 11.5 Å². The van der Waals surface area contributed by atoms with Gasteiger partial charge in [-0.05, 0) is 37.2 Å². The molecule has 2 N–H and O–H groups in total. The average Bonchev–Trinajstić information content (AvgIpc) is 2.98. The molecule has 5 nitrogen and oxygen atoms in total. The maximum absolute atomic E-state index is 9.14. The predicted octanol–water partition coefficient (Wildman–Crippen LogP) is 1.74. The van der Waals surface area contributed by atoms with Crippen LogP contribution >= 0.6 is 11.8 Å². The van der Waals surface area contributed by atoms with Gasteiger partial charge in [0.2, 0.25) is 0 Å². The molecule has 2 aliphatic rings. The molecule has 6 heteroatoms. The molecule has 3 rings (SSSR count). The number of nitrogens with one attached hydrogen (secondary N) is 1. The van der Waals surface area contributed by atoms with Crippen LogP contribution in [0.1, 0.15) is 50.3 Å². The summed E-state index contributed by atoms with van der Waals surface area (Å²) in [5.74, 6) is 2.57. The molecule has 1 aromatic heterocycles. The lowest BCUT2D eigenvalue weighted by molar-refractivity contribution is 0.223. The number of nitrogens with zero attached hydrogens (tertiary/aromatic N) is 3. The second-order valence-electron chi connectivity index (χ2n) is 5.86. The molecule has 2 atom stereocenters. The van der Waals surface area contributed by atoms with Crippen molar-refractivity contribution in [1.29, 1.82) is 0 Å². The van der Waals surface area contributed by atoms with Gasteiger partial charge in [-0.3, -0.25) is 0 Å². The first-order valence-corrected chi connectivity index (χ1v) is 8.87. The summed E-state index contributed by atoms with van der Waals surface area (Å²) in [5, 5.41) is 21.3. The Kier molecular flexibility index (Phi) is 4.96. The van der Waals surface area contributed by atoms with Gasteiger partial charge < -0.3 is 10.4 Å². The molecule has 0 spiro atoms. The summed E-state index contributed by atoms with van der Waals surface area (Å²) in [5.41, 5.74) is 0.670. The van der Waals surface area contributed by atoms with Gasteiger partial charge >= 0.3 is 0 Å². The van der Waals surface area contributed by atoms with Crippen molar-refractivity contribution in [3.8, 4) is 0 Å². The summed E-state index contributed by atoms with van der Waals surface area (Å²) in [6.07, 6.45) is 9.42. The fourth-order valence-corrected chi connectivity index (χ4v) is 4.44. The number of hydrogen-bond donors (Lipinski definition) is 2. The molecule has 2 fully saturated rings. The van der Waals surface area contributed by atoms with Gasteiger partial charge in [0.25, 0.3) is 0 Å². The lowest BCUT2D eigenvalue weighted by Gasteiger charge is -2.36. The van der Waals surface area contributed by atoms with Gasteiger partial charge in [0.15, 0.2) is 0 Å². The van der Waals surface area contributed by atoms with E-state index in [4.69, 9.17) is 5.11 Å². The second kappa shape index (κ2) is 6.91. The zero-order chi connectivity index (χ0) is 13.8. The van der Waals surface area contributed by atoms with E-state index in [9.17, 15) is 0 Å². The zero-order valence-electron chi connectivity index (χ0n) is 11.9. The van der Waals surface area contributed by atoms with Crippen LogP contribution in [-0.2, 0) is 6.61 Å². The third kappa shape index (κ3) is 3.35. The number of hydrogen-bond acceptors (Lipinski definition) is 5. The van der Waals surface area contributed by atoms with Gasteiger partial charge in [-0.2, -0.15) is 11.8 Å². The molecule has 1 saturated carbocycles. The van der Waals surface area contributed by atoms with Crippen LogP contribution in [0.4, 0.5) is 0 Å². The summed E-state index contributed by atoms with van der Waals surface area (Å²) < 4.78 is 1.97. The molecule has 1 aliphatic heterocycles. The molecule has 0 bridgehead atoms. The van der Waals surface area contributed by atoms with Crippen LogP contribution in [-0.4, -0.2) is 43.7 Å². The van der Waals surface area contributed by atoms with Crippen LogP contribution in [0.2, 0.25) is 0 Å². The van der Waals surface area contributed by atoms with Gasteiger partial charge in [0, 0.05) is 12.1 Å². The molecule has 1 saturated heterocycles. The Balaban J connectivity index is 1.66. The van der Waals surface area contributed by atoms with E-state index in [1.54, 1.807) is 0 Å². The summed E-state index contributed by atoms with van der Waals surface area (Å²) >= 11 is 2.07. The minimum atomic E-state index is -0.0232. The molecule has 1 aromatic rings. The molecule has 20 heavy (non-hydrogen) atoms. The standard InChI is InChI=1S/C14H24N4OS/c19-10-12-9-18(17-16-12)14-4-2-1-3-13(14)15-11-5-7-20-8-6-11/h9,11,13-15,19H,1-8,10H2/t13-,14+/m0/s1. The largest absolute Gasteiger partial charge is 0.390 e. The number of aromatic nitrogens is 3. The van der Waals surface area contributed by atoms with Crippen LogP contribution in [0.15, 0.2) is 6.20 Å². The first-order chi connectivity index (χ1) is 9.86. The SMILES string of the molecule is OCc1cn([C@@H]2CCCC[C@@H]2NC2CCSCC2)nn1. The normalized spacial score (nSPS) is 28.6. The Bertz CT molecular complexity index is 419. The highest BCUT2D eigenvalue weighted by atomic mass is 32.2. The molecule has 0 unspecified atom stereocenters. The zero-order valence-corrected chi connectivity index (χ0v) is 12.7. The first-order valence-electron chi connectivity index (χ1n) is 7.72. The maximum atomic E-state index is 9.14. The van der Waals surface area contributed by atoms with Crippen molar-refractivity contribution >= 4 is 11.8 Å². The highest BCUT2D eigenvalue weighted by Gasteiger charge is 2.29. The van der Waals surface area contributed by atoms with Gasteiger partial charge in [-0.15, -0.1) is 5.10 Å². The number of rotatable bonds is 4. The topological polar surface area (TPSA) is 63.0 Å². The van der Waals surface area contributed by atoms with Gasteiger partial charge in [0.1, 0.15) is 5.69 Å². The Hall–Kier alpha value is -0.590.